The first-order valence-corrected chi connectivity index (χ1v) is 7.83. The van der Waals surface area contributed by atoms with Crippen LogP contribution in [0.1, 0.15) is 40.6 Å². The minimum atomic E-state index is -4.57. The molecule has 1 aromatic carbocycles. The fourth-order valence-corrected chi connectivity index (χ4v) is 3.12. The van der Waals surface area contributed by atoms with Crippen LogP contribution in [0.2, 0.25) is 5.02 Å². The highest BCUT2D eigenvalue weighted by Gasteiger charge is 2.37. The normalized spacial score (nSPS) is 18.2. The highest BCUT2D eigenvalue weighted by molar-refractivity contribution is 6.30. The summed E-state index contributed by atoms with van der Waals surface area (Å²) in [5.41, 5.74) is -0.206. The van der Waals surface area contributed by atoms with E-state index in [0.717, 1.165) is 29.2 Å². The monoisotopic (exact) mass is 357 g/mol. The highest BCUT2D eigenvalue weighted by atomic mass is 35.5. The lowest BCUT2D eigenvalue weighted by atomic mass is 10.0. The Balaban J connectivity index is 1.89. The second kappa shape index (κ2) is 6.12. The summed E-state index contributed by atoms with van der Waals surface area (Å²) in [6.45, 7) is 0.499. The van der Waals surface area contributed by atoms with Gasteiger partial charge in [-0.15, -0.1) is 0 Å². The number of hydrogen-bond donors (Lipinski definition) is 0. The van der Waals surface area contributed by atoms with Crippen molar-refractivity contribution in [2.75, 3.05) is 6.54 Å². The van der Waals surface area contributed by atoms with E-state index in [1.165, 1.54) is 7.05 Å². The zero-order valence-electron chi connectivity index (χ0n) is 12.8. The summed E-state index contributed by atoms with van der Waals surface area (Å²) in [7, 11) is 1.34. The van der Waals surface area contributed by atoms with Gasteiger partial charge in [-0.3, -0.25) is 9.48 Å². The topological polar surface area (TPSA) is 38.1 Å². The zero-order chi connectivity index (χ0) is 17.5. The smallest absolute Gasteiger partial charge is 0.330 e. The summed E-state index contributed by atoms with van der Waals surface area (Å²) in [5, 5.41) is 4.00. The molecule has 1 aliphatic heterocycles. The largest absolute Gasteiger partial charge is 0.435 e. The Bertz CT molecular complexity index is 755. The van der Waals surface area contributed by atoms with E-state index in [2.05, 4.69) is 5.10 Å². The predicted octanol–water partition coefficient (Wildman–Crippen LogP) is 4.07. The Labute approximate surface area is 141 Å². The number of amides is 1. The summed E-state index contributed by atoms with van der Waals surface area (Å²) in [5.74, 6) is -0.446. The van der Waals surface area contributed by atoms with Crippen molar-refractivity contribution in [1.29, 1.82) is 0 Å². The molecule has 1 atom stereocenters. The molecule has 0 N–H and O–H groups in total. The summed E-state index contributed by atoms with van der Waals surface area (Å²) in [6, 6.07) is 7.79. The van der Waals surface area contributed by atoms with Crippen molar-refractivity contribution in [3.63, 3.8) is 0 Å². The van der Waals surface area contributed by atoms with Crippen molar-refractivity contribution in [1.82, 2.24) is 14.7 Å². The molecular formula is C16H15ClF3N3O. The number of aryl methyl sites for hydroxylation is 1. The third kappa shape index (κ3) is 3.13. The lowest BCUT2D eigenvalue weighted by molar-refractivity contribution is -0.141. The van der Waals surface area contributed by atoms with Crippen molar-refractivity contribution in [2.24, 2.45) is 7.05 Å². The van der Waals surface area contributed by atoms with Gasteiger partial charge in [0.05, 0.1) is 6.04 Å². The van der Waals surface area contributed by atoms with Crippen LogP contribution in [-0.2, 0) is 13.2 Å². The molecular weight excluding hydrogens is 343 g/mol. The number of rotatable bonds is 2. The third-order valence-electron chi connectivity index (χ3n) is 4.16. The number of nitrogens with zero attached hydrogens (tertiary/aromatic N) is 3. The first kappa shape index (κ1) is 16.8. The molecule has 128 valence electrons. The molecule has 1 saturated heterocycles. The average Bonchev–Trinajstić information content (AvgIpc) is 3.13. The third-order valence-corrected chi connectivity index (χ3v) is 4.41. The molecule has 1 aromatic heterocycles. The SMILES string of the molecule is Cn1nc(C(F)(F)F)cc1C(=O)N1CCCC1c1ccc(Cl)cc1. The van der Waals surface area contributed by atoms with E-state index in [-0.39, 0.29) is 11.7 Å². The lowest BCUT2D eigenvalue weighted by Gasteiger charge is -2.25. The molecule has 1 unspecified atom stereocenters. The molecule has 2 aromatic rings. The maximum atomic E-state index is 12.8. The maximum Gasteiger partial charge on any atom is 0.435 e. The average molecular weight is 358 g/mol. The van der Waals surface area contributed by atoms with Gasteiger partial charge >= 0.3 is 6.18 Å². The van der Waals surface area contributed by atoms with Crippen molar-refractivity contribution in [3.8, 4) is 0 Å². The predicted molar refractivity (Wildman–Crippen MR) is 82.7 cm³/mol. The van der Waals surface area contributed by atoms with Gasteiger partial charge in [0.15, 0.2) is 5.69 Å². The van der Waals surface area contributed by atoms with Crippen molar-refractivity contribution < 1.29 is 18.0 Å². The molecule has 0 radical (unpaired) electrons. The number of halogens is 4. The van der Waals surface area contributed by atoms with Crippen LogP contribution in [0.4, 0.5) is 13.2 Å². The van der Waals surface area contributed by atoms with Crippen molar-refractivity contribution in [3.05, 3.63) is 52.3 Å². The van der Waals surface area contributed by atoms with Crippen LogP contribution in [0, 0.1) is 0 Å². The summed E-state index contributed by atoms with van der Waals surface area (Å²) < 4.78 is 39.4. The first-order valence-electron chi connectivity index (χ1n) is 7.45. The number of likely N-dealkylation sites (tertiary alicyclic amines) is 1. The quantitative estimate of drug-likeness (QED) is 0.812. The van der Waals surface area contributed by atoms with Crippen molar-refractivity contribution >= 4 is 17.5 Å². The minimum absolute atomic E-state index is 0.0665. The molecule has 4 nitrogen and oxygen atoms in total. The fraction of sp³-hybridized carbons (Fsp3) is 0.375. The lowest BCUT2D eigenvalue weighted by Crippen LogP contribution is -2.32. The summed E-state index contributed by atoms with van der Waals surface area (Å²) >= 11 is 5.88. The Hall–Kier alpha value is -2.02. The van der Waals surface area contributed by atoms with E-state index in [1.807, 2.05) is 12.1 Å². The van der Waals surface area contributed by atoms with Gasteiger partial charge in [-0.1, -0.05) is 23.7 Å². The number of hydrogen-bond acceptors (Lipinski definition) is 2. The van der Waals surface area contributed by atoms with E-state index in [9.17, 15) is 18.0 Å². The molecule has 1 amide bonds. The zero-order valence-corrected chi connectivity index (χ0v) is 13.6. The van der Waals surface area contributed by atoms with Gasteiger partial charge in [0, 0.05) is 24.7 Å². The Morgan fingerprint density at radius 2 is 1.96 bits per heavy atom. The van der Waals surface area contributed by atoms with Crippen molar-refractivity contribution in [2.45, 2.75) is 25.1 Å². The molecule has 0 bridgehead atoms. The molecule has 2 heterocycles. The molecule has 8 heteroatoms. The van der Waals surface area contributed by atoms with Gasteiger partial charge in [-0.2, -0.15) is 18.3 Å². The molecule has 1 aliphatic rings. The highest BCUT2D eigenvalue weighted by Crippen LogP contribution is 2.34. The van der Waals surface area contributed by atoms with Crippen LogP contribution < -0.4 is 0 Å². The number of alkyl halides is 3. The fourth-order valence-electron chi connectivity index (χ4n) is 2.99. The Morgan fingerprint density at radius 3 is 2.54 bits per heavy atom. The van der Waals surface area contributed by atoms with E-state index in [4.69, 9.17) is 11.6 Å². The van der Waals surface area contributed by atoms with Crippen LogP contribution >= 0.6 is 11.6 Å². The standard InChI is InChI=1S/C16H15ClF3N3O/c1-22-13(9-14(21-22)16(18,19)20)15(24)23-8-2-3-12(23)10-4-6-11(17)7-5-10/h4-7,9,12H,2-3,8H2,1H3. The molecule has 3 rings (SSSR count). The number of benzene rings is 1. The molecule has 0 aliphatic carbocycles. The second-order valence-electron chi connectivity index (χ2n) is 5.74. The van der Waals surface area contributed by atoms with Crippen LogP contribution in [0.25, 0.3) is 0 Å². The van der Waals surface area contributed by atoms with Gasteiger partial charge in [0.2, 0.25) is 0 Å². The number of carbonyl (C=O) groups is 1. The van der Waals surface area contributed by atoms with Gasteiger partial charge < -0.3 is 4.90 Å². The second-order valence-corrected chi connectivity index (χ2v) is 6.18. The van der Waals surface area contributed by atoms with Gasteiger partial charge in [-0.05, 0) is 30.5 Å². The minimum Gasteiger partial charge on any atom is -0.330 e. The van der Waals surface area contributed by atoms with Gasteiger partial charge in [0.1, 0.15) is 5.69 Å². The maximum absolute atomic E-state index is 12.8. The summed E-state index contributed by atoms with van der Waals surface area (Å²) in [4.78, 5) is 14.3. The van der Waals surface area contributed by atoms with Crippen LogP contribution in [0.3, 0.4) is 0 Å². The van der Waals surface area contributed by atoms with Crippen LogP contribution in [-0.4, -0.2) is 27.1 Å². The number of aromatic nitrogens is 2. The van der Waals surface area contributed by atoms with Gasteiger partial charge in [0.25, 0.3) is 5.91 Å². The van der Waals surface area contributed by atoms with Gasteiger partial charge in [-0.25, -0.2) is 0 Å². The Morgan fingerprint density at radius 1 is 1.29 bits per heavy atom. The Kier molecular flexibility index (Phi) is 4.29. The summed E-state index contributed by atoms with van der Waals surface area (Å²) in [6.07, 6.45) is -3.02. The number of carbonyl (C=O) groups excluding carboxylic acids is 1. The first-order chi connectivity index (χ1) is 11.3. The van der Waals surface area contributed by atoms with E-state index in [0.29, 0.717) is 11.6 Å². The van der Waals surface area contributed by atoms with Crippen LogP contribution in [0.15, 0.2) is 30.3 Å². The van der Waals surface area contributed by atoms with E-state index in [1.54, 1.807) is 17.0 Å². The van der Waals surface area contributed by atoms with E-state index >= 15 is 0 Å². The molecule has 0 spiro atoms. The molecule has 24 heavy (non-hydrogen) atoms. The van der Waals surface area contributed by atoms with E-state index < -0.39 is 17.8 Å². The molecule has 1 fully saturated rings. The van der Waals surface area contributed by atoms with Crippen LogP contribution in [0.5, 0.6) is 0 Å². The molecule has 0 saturated carbocycles.